The molecule has 0 bridgehead atoms. The van der Waals surface area contributed by atoms with Crippen LogP contribution in [0.2, 0.25) is 0 Å². The lowest BCUT2D eigenvalue weighted by atomic mass is 10.1. The van der Waals surface area contributed by atoms with Gasteiger partial charge in [0.1, 0.15) is 6.10 Å². The highest BCUT2D eigenvalue weighted by molar-refractivity contribution is 7.19. The van der Waals surface area contributed by atoms with Crippen LogP contribution in [0, 0.1) is 0 Å². The van der Waals surface area contributed by atoms with Crippen molar-refractivity contribution in [1.29, 1.82) is 0 Å². The van der Waals surface area contributed by atoms with Gasteiger partial charge in [-0.2, -0.15) is 0 Å². The molecular formula is C19H20N4O2S. The van der Waals surface area contributed by atoms with Crippen molar-refractivity contribution in [1.82, 2.24) is 14.5 Å². The number of nitrogens with zero attached hydrogens (tertiary/aromatic N) is 3. The van der Waals surface area contributed by atoms with Gasteiger partial charge in [-0.15, -0.1) is 6.58 Å². The van der Waals surface area contributed by atoms with Crippen LogP contribution in [-0.4, -0.2) is 33.2 Å². The number of carbonyl (C=O) groups is 1. The van der Waals surface area contributed by atoms with E-state index in [1.165, 1.54) is 11.3 Å². The molecular weight excluding hydrogens is 348 g/mol. The molecule has 0 aliphatic heterocycles. The van der Waals surface area contributed by atoms with Crippen LogP contribution in [0.5, 0.6) is 0 Å². The molecule has 6 nitrogen and oxygen atoms in total. The summed E-state index contributed by atoms with van der Waals surface area (Å²) in [4.78, 5) is 22.3. The summed E-state index contributed by atoms with van der Waals surface area (Å²) in [6.45, 7) is 5.60. The quantitative estimate of drug-likeness (QED) is 0.645. The van der Waals surface area contributed by atoms with Gasteiger partial charge in [0.05, 0.1) is 17.2 Å². The zero-order valence-electron chi connectivity index (χ0n) is 14.7. The highest BCUT2D eigenvalue weighted by Crippen LogP contribution is 2.38. The first-order valence-corrected chi connectivity index (χ1v) is 8.99. The Kier molecular flexibility index (Phi) is 5.60. The van der Waals surface area contributed by atoms with E-state index in [1.54, 1.807) is 19.2 Å². The summed E-state index contributed by atoms with van der Waals surface area (Å²) in [5.74, 6) is 0.560. The van der Waals surface area contributed by atoms with Gasteiger partial charge < -0.3 is 9.30 Å². The fourth-order valence-electron chi connectivity index (χ4n) is 2.40. The van der Waals surface area contributed by atoms with Gasteiger partial charge in [0.25, 0.3) is 5.91 Å². The minimum Gasteiger partial charge on any atom is -0.365 e. The molecule has 0 saturated heterocycles. The van der Waals surface area contributed by atoms with E-state index in [1.807, 2.05) is 48.1 Å². The third-order valence-corrected chi connectivity index (χ3v) is 4.73. The second kappa shape index (κ2) is 8.07. The molecule has 0 radical (unpaired) electrons. The van der Waals surface area contributed by atoms with E-state index >= 15 is 0 Å². The molecule has 3 aromatic rings. The smallest absolute Gasteiger partial charge is 0.255 e. The molecule has 1 amide bonds. The van der Waals surface area contributed by atoms with E-state index in [9.17, 15) is 4.79 Å². The third kappa shape index (κ3) is 3.89. The fraction of sp³-hybridized carbons (Fsp3) is 0.211. The van der Waals surface area contributed by atoms with E-state index < -0.39 is 6.10 Å². The molecule has 26 heavy (non-hydrogen) atoms. The summed E-state index contributed by atoms with van der Waals surface area (Å²) in [7, 11) is 1.93. The number of hydrogen-bond acceptors (Lipinski definition) is 5. The normalized spacial score (nSPS) is 11.9. The number of hydrogen-bond donors (Lipinski definition) is 1. The van der Waals surface area contributed by atoms with E-state index in [2.05, 4.69) is 21.9 Å². The highest BCUT2D eigenvalue weighted by Gasteiger charge is 2.20. The van der Waals surface area contributed by atoms with E-state index in [4.69, 9.17) is 4.74 Å². The largest absolute Gasteiger partial charge is 0.365 e. The predicted molar refractivity (Wildman–Crippen MR) is 104 cm³/mol. The van der Waals surface area contributed by atoms with Crippen LogP contribution in [0.25, 0.3) is 22.0 Å². The summed E-state index contributed by atoms with van der Waals surface area (Å²) in [6, 6.07) is 9.85. The van der Waals surface area contributed by atoms with Crippen LogP contribution in [0.4, 0.5) is 5.13 Å². The number of amides is 1. The van der Waals surface area contributed by atoms with Crippen molar-refractivity contribution in [3.8, 4) is 22.0 Å². The second-order valence-corrected chi connectivity index (χ2v) is 6.68. The molecule has 134 valence electrons. The Labute approximate surface area is 156 Å². The Morgan fingerprint density at radius 1 is 1.42 bits per heavy atom. The molecule has 0 unspecified atom stereocenters. The number of imidazole rings is 1. The van der Waals surface area contributed by atoms with Crippen LogP contribution in [-0.2, 0) is 16.6 Å². The van der Waals surface area contributed by atoms with Crippen LogP contribution in [0.15, 0.2) is 55.4 Å². The maximum absolute atomic E-state index is 12.3. The molecule has 1 atom stereocenters. The highest BCUT2D eigenvalue weighted by atomic mass is 32.1. The van der Waals surface area contributed by atoms with Crippen molar-refractivity contribution in [3.05, 3.63) is 55.4 Å². The number of thiazole rings is 1. The first-order valence-electron chi connectivity index (χ1n) is 8.17. The van der Waals surface area contributed by atoms with Crippen LogP contribution in [0.3, 0.4) is 0 Å². The fourth-order valence-corrected chi connectivity index (χ4v) is 3.43. The molecule has 1 aromatic carbocycles. The van der Waals surface area contributed by atoms with Gasteiger partial charge >= 0.3 is 0 Å². The lowest BCUT2D eigenvalue weighted by Gasteiger charge is -2.10. The van der Waals surface area contributed by atoms with Crippen molar-refractivity contribution in [2.45, 2.75) is 13.0 Å². The van der Waals surface area contributed by atoms with Crippen LogP contribution < -0.4 is 5.32 Å². The topological polar surface area (TPSA) is 69.0 Å². The van der Waals surface area contributed by atoms with Gasteiger partial charge in [0, 0.05) is 25.0 Å². The Hall–Kier alpha value is -2.77. The minimum absolute atomic E-state index is 0.244. The number of rotatable bonds is 7. The summed E-state index contributed by atoms with van der Waals surface area (Å²) >= 11 is 1.39. The molecule has 0 saturated carbocycles. The van der Waals surface area contributed by atoms with Crippen molar-refractivity contribution in [2.75, 3.05) is 11.9 Å². The molecule has 0 fully saturated rings. The Balaban J connectivity index is 1.93. The molecule has 0 aliphatic carbocycles. The number of benzene rings is 1. The summed E-state index contributed by atoms with van der Waals surface area (Å²) in [5.41, 5.74) is 1.76. The molecule has 0 spiro atoms. The third-order valence-electron chi connectivity index (χ3n) is 3.76. The number of anilines is 1. The monoisotopic (exact) mass is 368 g/mol. The van der Waals surface area contributed by atoms with Crippen LogP contribution in [0.1, 0.15) is 6.92 Å². The van der Waals surface area contributed by atoms with Crippen molar-refractivity contribution in [2.24, 2.45) is 7.05 Å². The van der Waals surface area contributed by atoms with E-state index in [0.717, 1.165) is 22.0 Å². The van der Waals surface area contributed by atoms with Gasteiger partial charge in [-0.05, 0) is 6.92 Å². The van der Waals surface area contributed by atoms with Gasteiger partial charge in [-0.1, -0.05) is 47.7 Å². The van der Waals surface area contributed by atoms with Gasteiger partial charge in [-0.25, -0.2) is 9.97 Å². The Morgan fingerprint density at radius 2 is 2.19 bits per heavy atom. The number of nitrogens with one attached hydrogen (secondary N) is 1. The molecule has 7 heteroatoms. The van der Waals surface area contributed by atoms with Crippen molar-refractivity contribution in [3.63, 3.8) is 0 Å². The van der Waals surface area contributed by atoms with Crippen LogP contribution >= 0.6 is 11.3 Å². The SMILES string of the molecule is C=CCO[C@@H](C)C(=O)Nc1nc(-c2ccccc2)c(-c2nccn2C)s1. The first-order chi connectivity index (χ1) is 12.6. The van der Waals surface area contributed by atoms with Crippen molar-refractivity contribution >= 4 is 22.4 Å². The number of aromatic nitrogens is 3. The van der Waals surface area contributed by atoms with Crippen molar-refractivity contribution < 1.29 is 9.53 Å². The van der Waals surface area contributed by atoms with E-state index in [-0.39, 0.29) is 5.91 Å². The molecule has 2 aromatic heterocycles. The van der Waals surface area contributed by atoms with Gasteiger partial charge in [0.15, 0.2) is 11.0 Å². The summed E-state index contributed by atoms with van der Waals surface area (Å²) in [5, 5.41) is 3.35. The molecule has 3 rings (SSSR count). The maximum Gasteiger partial charge on any atom is 0.255 e. The number of aryl methyl sites for hydroxylation is 1. The summed E-state index contributed by atoms with van der Waals surface area (Å²) in [6.07, 6.45) is 4.65. The average molecular weight is 368 g/mol. The average Bonchev–Trinajstić information content (AvgIpc) is 3.26. The lowest BCUT2D eigenvalue weighted by molar-refractivity contribution is -0.125. The van der Waals surface area contributed by atoms with Gasteiger partial charge in [-0.3, -0.25) is 10.1 Å². The zero-order valence-corrected chi connectivity index (χ0v) is 15.5. The summed E-state index contributed by atoms with van der Waals surface area (Å²) < 4.78 is 7.30. The lowest BCUT2D eigenvalue weighted by Crippen LogP contribution is -2.27. The first kappa shape index (κ1) is 18.0. The maximum atomic E-state index is 12.3. The second-order valence-electron chi connectivity index (χ2n) is 5.68. The van der Waals surface area contributed by atoms with Gasteiger partial charge in [0.2, 0.25) is 0 Å². The Morgan fingerprint density at radius 3 is 2.85 bits per heavy atom. The molecule has 0 aliphatic rings. The van der Waals surface area contributed by atoms with E-state index in [0.29, 0.717) is 11.7 Å². The minimum atomic E-state index is -0.589. The number of carbonyl (C=O) groups excluding carboxylic acids is 1. The number of ether oxygens (including phenoxy) is 1. The zero-order chi connectivity index (χ0) is 18.5. The predicted octanol–water partition coefficient (Wildman–Crippen LogP) is 3.74. The standard InChI is InChI=1S/C19H20N4O2S/c1-4-12-25-13(2)18(24)22-19-21-15(14-8-6-5-7-9-14)16(26-19)17-20-10-11-23(17)3/h4-11,13H,1,12H2,2-3H3,(H,21,22,24)/t13-/m0/s1. The Bertz CT molecular complexity index is 901. The molecule has 1 N–H and O–H groups in total. The molecule has 2 heterocycles.